The van der Waals surface area contributed by atoms with E-state index < -0.39 is 0 Å². The Bertz CT molecular complexity index is 602. The summed E-state index contributed by atoms with van der Waals surface area (Å²) in [4.78, 5) is 24.4. The number of primary amides is 1. The number of hydrogen-bond acceptors (Lipinski definition) is 5. The highest BCUT2D eigenvalue weighted by molar-refractivity contribution is 5.81. The van der Waals surface area contributed by atoms with Crippen LogP contribution in [0.25, 0.3) is 0 Å². The second-order valence-electron chi connectivity index (χ2n) is 5.58. The fourth-order valence-electron chi connectivity index (χ4n) is 3.28. The first kappa shape index (κ1) is 13.7. The molecule has 1 amide bonds. The number of nitrogens with zero attached hydrogens (tertiary/aromatic N) is 2. The number of rotatable bonds is 3. The molecule has 7 nitrogen and oxygen atoms in total. The van der Waals surface area contributed by atoms with Gasteiger partial charge in [-0.1, -0.05) is 0 Å². The predicted molar refractivity (Wildman–Crippen MR) is 79.4 cm³/mol. The lowest BCUT2D eigenvalue weighted by Crippen LogP contribution is -2.41. The lowest BCUT2D eigenvalue weighted by atomic mass is 9.95. The van der Waals surface area contributed by atoms with E-state index in [1.165, 1.54) is 0 Å². The third-order valence-corrected chi connectivity index (χ3v) is 4.29. The minimum absolute atomic E-state index is 0.113. The van der Waals surface area contributed by atoms with Gasteiger partial charge in [0.25, 0.3) is 5.69 Å². The van der Waals surface area contributed by atoms with Crippen molar-refractivity contribution in [3.63, 3.8) is 0 Å². The molecule has 3 rings (SSSR count). The lowest BCUT2D eigenvalue weighted by molar-refractivity contribution is -0.384. The quantitative estimate of drug-likeness (QED) is 0.644. The van der Waals surface area contributed by atoms with Crippen LogP contribution in [0, 0.1) is 16.0 Å². The van der Waals surface area contributed by atoms with Crippen molar-refractivity contribution in [1.29, 1.82) is 0 Å². The molecule has 21 heavy (non-hydrogen) atoms. The molecular weight excluding hydrogens is 272 g/mol. The van der Waals surface area contributed by atoms with Crippen LogP contribution in [0.3, 0.4) is 0 Å². The molecule has 0 bridgehead atoms. The van der Waals surface area contributed by atoms with Crippen LogP contribution >= 0.6 is 0 Å². The molecule has 1 aromatic carbocycles. The fraction of sp³-hybridized carbons (Fsp3) is 0.500. The van der Waals surface area contributed by atoms with Crippen LogP contribution in [-0.4, -0.2) is 30.5 Å². The normalized spacial score (nSPS) is 20.8. The molecule has 0 aliphatic carbocycles. The first-order chi connectivity index (χ1) is 10.1. The maximum atomic E-state index is 11.4. The van der Waals surface area contributed by atoms with Gasteiger partial charge in [-0.25, -0.2) is 0 Å². The van der Waals surface area contributed by atoms with Crippen LogP contribution in [0.5, 0.6) is 0 Å². The number of hydrogen-bond donors (Lipinski definition) is 2. The Kier molecular flexibility index (Phi) is 3.40. The zero-order chi connectivity index (χ0) is 15.0. The molecule has 112 valence electrons. The SMILES string of the molecule is NC(=O)C1CCCN(c2c([N+](=O)[O-])ccc3c2CCN3)C1. The Morgan fingerprint density at radius 2 is 2.29 bits per heavy atom. The van der Waals surface area contributed by atoms with Crippen molar-refractivity contribution in [1.82, 2.24) is 0 Å². The van der Waals surface area contributed by atoms with Crippen LogP contribution in [0.15, 0.2) is 12.1 Å². The molecule has 0 spiro atoms. The van der Waals surface area contributed by atoms with Crippen LogP contribution in [0.1, 0.15) is 18.4 Å². The molecule has 1 unspecified atom stereocenters. The number of carbonyl (C=O) groups is 1. The van der Waals surface area contributed by atoms with E-state index in [2.05, 4.69) is 5.32 Å². The highest BCUT2D eigenvalue weighted by Crippen LogP contribution is 2.40. The predicted octanol–water partition coefficient (Wildman–Crippen LogP) is 1.26. The molecule has 1 atom stereocenters. The highest BCUT2D eigenvalue weighted by Gasteiger charge is 2.32. The van der Waals surface area contributed by atoms with E-state index in [1.54, 1.807) is 12.1 Å². The standard InChI is InChI=1S/C14H18N4O3/c15-14(19)9-2-1-7-17(8-9)13-10-5-6-16-11(10)3-4-12(13)18(20)21/h3-4,9,16H,1-2,5-8H2,(H2,15,19). The number of nitro groups is 1. The van der Waals surface area contributed by atoms with Gasteiger partial charge in [0.15, 0.2) is 0 Å². The number of piperidine rings is 1. The first-order valence-electron chi connectivity index (χ1n) is 7.16. The summed E-state index contributed by atoms with van der Waals surface area (Å²) in [5, 5.41) is 14.6. The van der Waals surface area contributed by atoms with E-state index in [0.717, 1.165) is 43.6 Å². The molecule has 2 aliphatic heterocycles. The number of benzene rings is 1. The summed E-state index contributed by atoms with van der Waals surface area (Å²) in [6, 6.07) is 3.31. The van der Waals surface area contributed by atoms with E-state index >= 15 is 0 Å². The van der Waals surface area contributed by atoms with Gasteiger partial charge in [0.2, 0.25) is 5.91 Å². The van der Waals surface area contributed by atoms with Crippen LogP contribution < -0.4 is 16.0 Å². The van der Waals surface area contributed by atoms with E-state index in [9.17, 15) is 14.9 Å². The minimum atomic E-state index is -0.345. The van der Waals surface area contributed by atoms with Crippen molar-refractivity contribution in [2.75, 3.05) is 29.9 Å². The maximum Gasteiger partial charge on any atom is 0.292 e. The summed E-state index contributed by atoms with van der Waals surface area (Å²) in [6.45, 7) is 1.98. The van der Waals surface area contributed by atoms with Gasteiger partial charge in [-0.3, -0.25) is 14.9 Å². The van der Waals surface area contributed by atoms with Gasteiger partial charge in [0, 0.05) is 37.0 Å². The van der Waals surface area contributed by atoms with Crippen molar-refractivity contribution >= 4 is 23.0 Å². The number of anilines is 2. The number of nitro benzene ring substituents is 1. The van der Waals surface area contributed by atoms with E-state index in [0.29, 0.717) is 12.2 Å². The van der Waals surface area contributed by atoms with Crippen molar-refractivity contribution in [2.24, 2.45) is 11.7 Å². The Balaban J connectivity index is 2.02. The number of amides is 1. The Morgan fingerprint density at radius 3 is 3.00 bits per heavy atom. The van der Waals surface area contributed by atoms with Gasteiger partial charge in [-0.15, -0.1) is 0 Å². The van der Waals surface area contributed by atoms with Gasteiger partial charge < -0.3 is 16.0 Å². The number of carbonyl (C=O) groups excluding carboxylic acids is 1. The fourth-order valence-corrected chi connectivity index (χ4v) is 3.28. The zero-order valence-electron chi connectivity index (χ0n) is 11.7. The summed E-state index contributed by atoms with van der Waals surface area (Å²) in [6.07, 6.45) is 2.35. The molecule has 1 aromatic rings. The smallest absolute Gasteiger partial charge is 0.292 e. The second-order valence-corrected chi connectivity index (χ2v) is 5.58. The summed E-state index contributed by atoms with van der Waals surface area (Å²) in [5.41, 5.74) is 8.12. The summed E-state index contributed by atoms with van der Waals surface area (Å²) in [7, 11) is 0. The first-order valence-corrected chi connectivity index (χ1v) is 7.16. The number of nitrogens with two attached hydrogens (primary N) is 1. The van der Waals surface area contributed by atoms with Crippen LogP contribution in [0.4, 0.5) is 17.1 Å². The van der Waals surface area contributed by atoms with Crippen molar-refractivity contribution in [2.45, 2.75) is 19.3 Å². The second kappa shape index (κ2) is 5.23. The molecule has 2 heterocycles. The van der Waals surface area contributed by atoms with Crippen LogP contribution in [-0.2, 0) is 11.2 Å². The van der Waals surface area contributed by atoms with Gasteiger partial charge in [0.05, 0.1) is 10.8 Å². The topological polar surface area (TPSA) is 102 Å². The maximum absolute atomic E-state index is 11.4. The van der Waals surface area contributed by atoms with Gasteiger partial charge in [-0.05, 0) is 25.3 Å². The number of nitrogens with one attached hydrogen (secondary N) is 1. The minimum Gasteiger partial charge on any atom is -0.384 e. The average Bonchev–Trinajstić information content (AvgIpc) is 2.94. The molecule has 1 fully saturated rings. The van der Waals surface area contributed by atoms with Crippen molar-refractivity contribution < 1.29 is 9.72 Å². The summed E-state index contributed by atoms with van der Waals surface area (Å²) < 4.78 is 0. The average molecular weight is 290 g/mol. The van der Waals surface area contributed by atoms with Gasteiger partial charge in [-0.2, -0.15) is 0 Å². The molecule has 0 saturated carbocycles. The van der Waals surface area contributed by atoms with E-state index in [4.69, 9.17) is 5.73 Å². The van der Waals surface area contributed by atoms with E-state index in [1.807, 2.05) is 4.90 Å². The molecule has 1 saturated heterocycles. The Morgan fingerprint density at radius 1 is 1.48 bits per heavy atom. The Hall–Kier alpha value is -2.31. The molecule has 0 aromatic heterocycles. The third kappa shape index (κ3) is 2.39. The molecule has 3 N–H and O–H groups in total. The molecular formula is C14H18N4O3. The Labute approximate surface area is 122 Å². The molecule has 2 aliphatic rings. The highest BCUT2D eigenvalue weighted by atomic mass is 16.6. The summed E-state index contributed by atoms with van der Waals surface area (Å²) >= 11 is 0. The number of fused-ring (bicyclic) bond motifs is 1. The van der Waals surface area contributed by atoms with Crippen molar-refractivity contribution in [3.8, 4) is 0 Å². The van der Waals surface area contributed by atoms with Crippen LogP contribution in [0.2, 0.25) is 0 Å². The lowest BCUT2D eigenvalue weighted by Gasteiger charge is -2.33. The summed E-state index contributed by atoms with van der Waals surface area (Å²) in [5.74, 6) is -0.559. The van der Waals surface area contributed by atoms with E-state index in [-0.39, 0.29) is 22.4 Å². The monoisotopic (exact) mass is 290 g/mol. The zero-order valence-corrected chi connectivity index (χ0v) is 11.7. The van der Waals surface area contributed by atoms with Crippen molar-refractivity contribution in [3.05, 3.63) is 27.8 Å². The third-order valence-electron chi connectivity index (χ3n) is 4.29. The molecule has 7 heteroatoms. The van der Waals surface area contributed by atoms with Gasteiger partial charge in [0.1, 0.15) is 5.69 Å². The largest absolute Gasteiger partial charge is 0.384 e. The molecule has 0 radical (unpaired) electrons. The van der Waals surface area contributed by atoms with Gasteiger partial charge >= 0.3 is 0 Å².